The van der Waals surface area contributed by atoms with Gasteiger partial charge in [0.05, 0.1) is 17.7 Å². The van der Waals surface area contributed by atoms with Gasteiger partial charge in [0.1, 0.15) is 0 Å². The number of carbonyl (C=O) groups is 2. The van der Waals surface area contributed by atoms with Gasteiger partial charge in [-0.25, -0.2) is 9.59 Å². The summed E-state index contributed by atoms with van der Waals surface area (Å²) in [5, 5.41) is 9.00. The monoisotopic (exact) mass is 302 g/mol. The average molecular weight is 302 g/mol. The molecule has 0 saturated heterocycles. The second-order valence-corrected chi connectivity index (χ2v) is 4.75. The Bertz CT molecular complexity index is 452. The van der Waals surface area contributed by atoms with Gasteiger partial charge in [-0.15, -0.1) is 0 Å². The molecule has 21 heavy (non-hydrogen) atoms. The van der Waals surface area contributed by atoms with Crippen LogP contribution in [-0.2, 0) is 4.74 Å². The second-order valence-electron chi connectivity index (χ2n) is 4.75. The zero-order chi connectivity index (χ0) is 14.8. The predicted octanol–water partition coefficient (Wildman–Crippen LogP) is 1.02. The van der Waals surface area contributed by atoms with Gasteiger partial charge in [0, 0.05) is 0 Å². The molecular weight excluding hydrogens is 279 g/mol. The Balaban J connectivity index is 0. The summed E-state index contributed by atoms with van der Waals surface area (Å²) >= 11 is 0. The van der Waals surface area contributed by atoms with Crippen molar-refractivity contribution in [2.24, 2.45) is 0 Å². The average Bonchev–Trinajstić information content (AvgIpc) is 2.46. The maximum atomic E-state index is 11.8. The third kappa shape index (κ3) is 7.65. The molecule has 0 amide bonds. The number of benzene rings is 1. The molecular formula is C16H23NaO4. The fourth-order valence-electron chi connectivity index (χ4n) is 1.97. The largest absolute Gasteiger partial charge is 1.00 e. The molecule has 0 heterocycles. The van der Waals surface area contributed by atoms with Crippen molar-refractivity contribution in [2.75, 3.05) is 6.61 Å². The van der Waals surface area contributed by atoms with Crippen LogP contribution >= 0.6 is 0 Å². The first-order chi connectivity index (χ1) is 9.66. The molecule has 1 rings (SSSR count). The zero-order valence-electron chi connectivity index (χ0n) is 13.9. The molecule has 0 aliphatic heterocycles. The van der Waals surface area contributed by atoms with Crippen LogP contribution in [0.2, 0.25) is 0 Å². The summed E-state index contributed by atoms with van der Waals surface area (Å²) in [4.78, 5) is 22.8. The zero-order valence-corrected chi connectivity index (χ0v) is 14.9. The Morgan fingerprint density at radius 2 is 1.62 bits per heavy atom. The van der Waals surface area contributed by atoms with Gasteiger partial charge < -0.3 is 11.3 Å². The van der Waals surface area contributed by atoms with Gasteiger partial charge in [-0.1, -0.05) is 51.2 Å². The van der Waals surface area contributed by atoms with Gasteiger partial charge in [0.25, 0.3) is 0 Å². The number of carbonyl (C=O) groups excluding carboxylic acids is 1. The number of hydrogen-bond donors (Lipinski definition) is 1. The molecule has 0 spiro atoms. The molecule has 0 aliphatic rings. The van der Waals surface area contributed by atoms with Crippen molar-refractivity contribution >= 4 is 11.9 Å². The van der Waals surface area contributed by atoms with Gasteiger partial charge in [0.15, 0.2) is 0 Å². The van der Waals surface area contributed by atoms with Crippen molar-refractivity contribution in [1.29, 1.82) is 0 Å². The minimum Gasteiger partial charge on any atom is -1.00 e. The number of carboxylic acids is 1. The quantitative estimate of drug-likeness (QED) is 0.420. The van der Waals surface area contributed by atoms with Crippen LogP contribution in [0.3, 0.4) is 0 Å². The van der Waals surface area contributed by atoms with Gasteiger partial charge in [-0.2, -0.15) is 0 Å². The van der Waals surface area contributed by atoms with E-state index in [0.29, 0.717) is 6.61 Å². The van der Waals surface area contributed by atoms with Crippen LogP contribution in [0.25, 0.3) is 0 Å². The topological polar surface area (TPSA) is 63.6 Å². The van der Waals surface area contributed by atoms with Gasteiger partial charge >= 0.3 is 41.5 Å². The molecule has 0 aliphatic carbocycles. The molecule has 0 fully saturated rings. The maximum Gasteiger partial charge on any atom is 1.00 e. The Hall–Kier alpha value is -0.840. The second kappa shape index (κ2) is 11.8. The van der Waals surface area contributed by atoms with Crippen molar-refractivity contribution in [3.05, 3.63) is 35.4 Å². The molecule has 0 unspecified atom stereocenters. The summed E-state index contributed by atoms with van der Waals surface area (Å²) in [5.74, 6) is -1.67. The number of esters is 1. The van der Waals surface area contributed by atoms with Gasteiger partial charge in [0.2, 0.25) is 0 Å². The van der Waals surface area contributed by atoms with Crippen LogP contribution in [0.4, 0.5) is 0 Å². The molecule has 4 nitrogen and oxygen atoms in total. The normalized spacial score (nSPS) is 9.76. The number of carboxylic acid groups (broad SMARTS) is 1. The summed E-state index contributed by atoms with van der Waals surface area (Å²) in [5.41, 5.74) is 0.103. The molecule has 112 valence electrons. The van der Waals surface area contributed by atoms with E-state index in [0.717, 1.165) is 19.3 Å². The van der Waals surface area contributed by atoms with E-state index in [1.165, 1.54) is 31.4 Å². The SMILES string of the molecule is CCCCCCCCOC(=O)c1ccccc1C(=O)O.[H-].[Na+]. The smallest absolute Gasteiger partial charge is 1.00 e. The number of unbranched alkanes of at least 4 members (excludes halogenated alkanes) is 5. The Morgan fingerprint density at radius 3 is 2.24 bits per heavy atom. The van der Waals surface area contributed by atoms with Crippen molar-refractivity contribution in [1.82, 2.24) is 0 Å². The Kier molecular flexibility index (Phi) is 11.3. The third-order valence-corrected chi connectivity index (χ3v) is 3.11. The Labute approximate surface area is 149 Å². The van der Waals surface area contributed by atoms with Crippen molar-refractivity contribution in [3.63, 3.8) is 0 Å². The van der Waals surface area contributed by atoms with Crippen molar-refractivity contribution in [3.8, 4) is 0 Å². The van der Waals surface area contributed by atoms with E-state index in [1.807, 2.05) is 0 Å². The summed E-state index contributed by atoms with van der Waals surface area (Å²) in [7, 11) is 0. The molecule has 0 bridgehead atoms. The van der Waals surface area contributed by atoms with E-state index < -0.39 is 11.9 Å². The van der Waals surface area contributed by atoms with Crippen LogP contribution in [0.1, 0.15) is 67.6 Å². The summed E-state index contributed by atoms with van der Waals surface area (Å²) in [6.07, 6.45) is 6.68. The van der Waals surface area contributed by atoms with E-state index >= 15 is 0 Å². The number of rotatable bonds is 9. The van der Waals surface area contributed by atoms with Crippen molar-refractivity contribution < 1.29 is 50.4 Å². The van der Waals surface area contributed by atoms with Crippen LogP contribution in [0, 0.1) is 0 Å². The molecule has 0 radical (unpaired) electrons. The summed E-state index contributed by atoms with van der Waals surface area (Å²) < 4.78 is 5.12. The Morgan fingerprint density at radius 1 is 1.05 bits per heavy atom. The van der Waals surface area contributed by atoms with Crippen LogP contribution < -0.4 is 29.6 Å². The number of hydrogen-bond acceptors (Lipinski definition) is 3. The van der Waals surface area contributed by atoms with Crippen LogP contribution in [0.15, 0.2) is 24.3 Å². The molecule has 1 aromatic carbocycles. The maximum absolute atomic E-state index is 11.8. The molecule has 0 saturated carbocycles. The minimum atomic E-state index is -1.11. The first-order valence-electron chi connectivity index (χ1n) is 7.16. The fourth-order valence-corrected chi connectivity index (χ4v) is 1.97. The molecule has 0 atom stereocenters. The summed E-state index contributed by atoms with van der Waals surface area (Å²) in [6, 6.07) is 6.11. The first-order valence-corrected chi connectivity index (χ1v) is 7.16. The minimum absolute atomic E-state index is 0. The van der Waals surface area contributed by atoms with E-state index in [4.69, 9.17) is 9.84 Å². The van der Waals surface area contributed by atoms with Crippen LogP contribution in [-0.4, -0.2) is 23.7 Å². The molecule has 1 N–H and O–H groups in total. The standard InChI is InChI=1S/C16H22O4.Na.H/c1-2-3-4-5-6-9-12-20-16(19)14-11-8-7-10-13(14)15(17)18;;/h7-8,10-11H,2-6,9,12H2,1H3,(H,17,18);;/q;+1;-1. The predicted molar refractivity (Wildman–Crippen MR) is 78.2 cm³/mol. The molecule has 5 heteroatoms. The van der Waals surface area contributed by atoms with E-state index in [1.54, 1.807) is 12.1 Å². The number of ether oxygens (including phenoxy) is 1. The fraction of sp³-hybridized carbons (Fsp3) is 0.500. The van der Waals surface area contributed by atoms with Gasteiger partial charge in [-0.05, 0) is 18.6 Å². The van der Waals surface area contributed by atoms with Crippen LogP contribution in [0.5, 0.6) is 0 Å². The third-order valence-electron chi connectivity index (χ3n) is 3.11. The van der Waals surface area contributed by atoms with Gasteiger partial charge in [-0.3, -0.25) is 0 Å². The van der Waals surface area contributed by atoms with Crippen molar-refractivity contribution in [2.45, 2.75) is 45.4 Å². The summed E-state index contributed by atoms with van der Waals surface area (Å²) in [6.45, 7) is 2.51. The van der Waals surface area contributed by atoms with E-state index in [9.17, 15) is 9.59 Å². The van der Waals surface area contributed by atoms with E-state index in [2.05, 4.69) is 6.92 Å². The first kappa shape index (κ1) is 20.2. The molecule has 1 aromatic rings. The van der Waals surface area contributed by atoms with E-state index in [-0.39, 0.29) is 42.1 Å². The number of aromatic carboxylic acids is 1. The molecule has 0 aromatic heterocycles.